The molecule has 0 saturated heterocycles. The van der Waals surface area contributed by atoms with Gasteiger partial charge in [0.2, 0.25) is 5.88 Å². The normalized spacial score (nSPS) is 10.1. The van der Waals surface area contributed by atoms with E-state index in [4.69, 9.17) is 9.84 Å². The summed E-state index contributed by atoms with van der Waals surface area (Å²) in [5, 5.41) is 9.98. The highest BCUT2D eigenvalue weighted by molar-refractivity contribution is 5.89. The van der Waals surface area contributed by atoms with Gasteiger partial charge >= 0.3 is 6.16 Å². The van der Waals surface area contributed by atoms with Gasteiger partial charge in [-0.15, -0.1) is 0 Å². The van der Waals surface area contributed by atoms with E-state index in [1.54, 1.807) is 31.4 Å². The fourth-order valence-electron chi connectivity index (χ4n) is 1.42. The van der Waals surface area contributed by atoms with E-state index < -0.39 is 6.16 Å². The molecule has 1 aromatic heterocycles. The number of pyridine rings is 1. The third-order valence-electron chi connectivity index (χ3n) is 2.12. The van der Waals surface area contributed by atoms with Crippen molar-refractivity contribution in [2.45, 2.75) is 0 Å². The van der Waals surface area contributed by atoms with E-state index in [1.165, 1.54) is 6.20 Å². The first-order valence-electron chi connectivity index (χ1n) is 4.54. The van der Waals surface area contributed by atoms with Gasteiger partial charge in [-0.05, 0) is 29.7 Å². The van der Waals surface area contributed by atoms with Crippen LogP contribution >= 0.6 is 0 Å². The van der Waals surface area contributed by atoms with Crippen molar-refractivity contribution in [3.05, 3.63) is 30.5 Å². The van der Waals surface area contributed by atoms with Gasteiger partial charge in [0.25, 0.3) is 0 Å². The van der Waals surface area contributed by atoms with Crippen LogP contribution in [-0.4, -0.2) is 23.4 Å². The lowest BCUT2D eigenvalue weighted by atomic mass is 10.1. The van der Waals surface area contributed by atoms with Crippen LogP contribution in [0, 0.1) is 0 Å². The molecule has 5 heteroatoms. The number of carboxylic acid groups (broad SMARTS) is 1. The lowest BCUT2D eigenvalue weighted by Crippen LogP contribution is -2.04. The number of ether oxygens (including phenoxy) is 2. The molecular weight excluding hydrogens is 210 g/mol. The third kappa shape index (κ3) is 1.88. The Morgan fingerprint density at radius 1 is 1.38 bits per heavy atom. The van der Waals surface area contributed by atoms with Crippen LogP contribution in [-0.2, 0) is 0 Å². The van der Waals surface area contributed by atoms with Crippen LogP contribution in [0.15, 0.2) is 30.5 Å². The van der Waals surface area contributed by atoms with E-state index >= 15 is 0 Å². The number of fused-ring (bicyclic) bond motifs is 1. The zero-order valence-electron chi connectivity index (χ0n) is 8.51. The third-order valence-corrected chi connectivity index (χ3v) is 2.12. The average molecular weight is 219 g/mol. The van der Waals surface area contributed by atoms with Gasteiger partial charge in [0.05, 0.1) is 7.11 Å². The van der Waals surface area contributed by atoms with Gasteiger partial charge in [0.1, 0.15) is 5.75 Å². The largest absolute Gasteiger partial charge is 0.512 e. The summed E-state index contributed by atoms with van der Waals surface area (Å²) in [6.07, 6.45) is 0.107. The topological polar surface area (TPSA) is 68.7 Å². The molecule has 1 heterocycles. The minimum atomic E-state index is -1.38. The van der Waals surface area contributed by atoms with Gasteiger partial charge in [-0.3, -0.25) is 0 Å². The first-order chi connectivity index (χ1) is 7.70. The van der Waals surface area contributed by atoms with Crippen LogP contribution in [0.2, 0.25) is 0 Å². The molecule has 0 bridgehead atoms. The predicted molar refractivity (Wildman–Crippen MR) is 56.9 cm³/mol. The maximum atomic E-state index is 10.4. The van der Waals surface area contributed by atoms with E-state index in [2.05, 4.69) is 9.72 Å². The predicted octanol–water partition coefficient (Wildman–Crippen LogP) is 2.30. The second-order valence-corrected chi connectivity index (χ2v) is 3.07. The molecule has 0 amide bonds. The van der Waals surface area contributed by atoms with Crippen LogP contribution in [0.25, 0.3) is 10.8 Å². The number of carbonyl (C=O) groups is 1. The van der Waals surface area contributed by atoms with E-state index in [0.29, 0.717) is 11.1 Å². The van der Waals surface area contributed by atoms with Crippen molar-refractivity contribution in [3.8, 4) is 11.6 Å². The molecule has 2 aromatic rings. The summed E-state index contributed by atoms with van der Waals surface area (Å²) in [4.78, 5) is 14.3. The minimum Gasteiger partial charge on any atom is -0.497 e. The standard InChI is InChI=1S/C11H9NO4/c1-15-8-2-3-9-7(6-8)4-5-12-10(9)16-11(13)14/h2-6H,1H3,(H,13,14). The Morgan fingerprint density at radius 3 is 2.88 bits per heavy atom. The van der Waals surface area contributed by atoms with Crippen molar-refractivity contribution in [3.63, 3.8) is 0 Å². The van der Waals surface area contributed by atoms with Crippen molar-refractivity contribution in [1.29, 1.82) is 0 Å². The van der Waals surface area contributed by atoms with Gasteiger partial charge in [-0.2, -0.15) is 0 Å². The Labute approximate surface area is 91.2 Å². The summed E-state index contributed by atoms with van der Waals surface area (Å²) in [6, 6.07) is 6.97. The van der Waals surface area contributed by atoms with Crippen LogP contribution in [0.1, 0.15) is 0 Å². The molecule has 0 atom stereocenters. The number of benzene rings is 1. The summed E-state index contributed by atoms with van der Waals surface area (Å²) in [7, 11) is 1.57. The SMILES string of the molecule is COc1ccc2c(OC(=O)O)nccc2c1. The smallest absolute Gasteiger partial charge is 0.497 e. The van der Waals surface area contributed by atoms with Crippen molar-refractivity contribution >= 4 is 16.9 Å². The van der Waals surface area contributed by atoms with Gasteiger partial charge in [0, 0.05) is 11.6 Å². The minimum absolute atomic E-state index is 0.0765. The summed E-state index contributed by atoms with van der Waals surface area (Å²) in [5.41, 5.74) is 0. The van der Waals surface area contributed by atoms with Crippen LogP contribution in [0.4, 0.5) is 4.79 Å². The highest BCUT2D eigenvalue weighted by atomic mass is 16.7. The number of aromatic nitrogens is 1. The molecule has 0 fully saturated rings. The molecule has 0 radical (unpaired) electrons. The Morgan fingerprint density at radius 2 is 2.19 bits per heavy atom. The lowest BCUT2D eigenvalue weighted by Gasteiger charge is -2.05. The molecule has 0 aliphatic rings. The zero-order valence-corrected chi connectivity index (χ0v) is 8.51. The highest BCUT2D eigenvalue weighted by Crippen LogP contribution is 2.26. The molecule has 0 aliphatic carbocycles. The monoisotopic (exact) mass is 219 g/mol. The van der Waals surface area contributed by atoms with Crippen LogP contribution in [0.5, 0.6) is 11.6 Å². The fraction of sp³-hybridized carbons (Fsp3) is 0.0909. The van der Waals surface area contributed by atoms with Crippen molar-refractivity contribution in [2.75, 3.05) is 7.11 Å². The van der Waals surface area contributed by atoms with Crippen LogP contribution in [0.3, 0.4) is 0 Å². The molecule has 16 heavy (non-hydrogen) atoms. The van der Waals surface area contributed by atoms with E-state index in [-0.39, 0.29) is 5.88 Å². The fourth-order valence-corrected chi connectivity index (χ4v) is 1.42. The molecule has 5 nitrogen and oxygen atoms in total. The van der Waals surface area contributed by atoms with Crippen LogP contribution < -0.4 is 9.47 Å². The zero-order chi connectivity index (χ0) is 11.5. The molecule has 0 unspecified atom stereocenters. The summed E-state index contributed by atoms with van der Waals surface area (Å²) in [5.74, 6) is 0.771. The highest BCUT2D eigenvalue weighted by Gasteiger charge is 2.08. The molecule has 2 rings (SSSR count). The number of hydrogen-bond donors (Lipinski definition) is 1. The Hall–Kier alpha value is -2.30. The Bertz CT molecular complexity index is 538. The molecule has 82 valence electrons. The van der Waals surface area contributed by atoms with Crippen molar-refractivity contribution < 1.29 is 19.4 Å². The van der Waals surface area contributed by atoms with Gasteiger partial charge in [0.15, 0.2) is 0 Å². The average Bonchev–Trinajstić information content (AvgIpc) is 2.28. The molecule has 1 aromatic carbocycles. The summed E-state index contributed by atoms with van der Waals surface area (Å²) in [6.45, 7) is 0. The molecule has 0 aliphatic heterocycles. The molecular formula is C11H9NO4. The first-order valence-corrected chi connectivity index (χ1v) is 4.54. The van der Waals surface area contributed by atoms with Gasteiger partial charge in [-0.25, -0.2) is 9.78 Å². The maximum absolute atomic E-state index is 10.4. The number of rotatable bonds is 2. The summed E-state index contributed by atoms with van der Waals surface area (Å²) >= 11 is 0. The number of methoxy groups -OCH3 is 1. The Kier molecular flexibility index (Phi) is 2.59. The number of nitrogens with zero attached hydrogens (tertiary/aromatic N) is 1. The summed E-state index contributed by atoms with van der Waals surface area (Å²) < 4.78 is 9.63. The Balaban J connectivity index is 2.55. The quantitative estimate of drug-likeness (QED) is 0.785. The van der Waals surface area contributed by atoms with Crippen molar-refractivity contribution in [2.24, 2.45) is 0 Å². The van der Waals surface area contributed by atoms with Gasteiger partial charge in [-0.1, -0.05) is 0 Å². The van der Waals surface area contributed by atoms with E-state index in [9.17, 15) is 4.79 Å². The van der Waals surface area contributed by atoms with Crippen molar-refractivity contribution in [1.82, 2.24) is 4.98 Å². The van der Waals surface area contributed by atoms with E-state index in [0.717, 1.165) is 5.39 Å². The lowest BCUT2D eigenvalue weighted by molar-refractivity contribution is 0.143. The molecule has 1 N–H and O–H groups in total. The molecule has 0 saturated carbocycles. The second-order valence-electron chi connectivity index (χ2n) is 3.07. The maximum Gasteiger partial charge on any atom is 0.512 e. The second kappa shape index (κ2) is 4.06. The number of hydrogen-bond acceptors (Lipinski definition) is 4. The molecule has 0 spiro atoms. The van der Waals surface area contributed by atoms with E-state index in [1.807, 2.05) is 0 Å². The first kappa shape index (κ1) is 10.2. The van der Waals surface area contributed by atoms with Gasteiger partial charge < -0.3 is 14.6 Å².